The van der Waals surface area contributed by atoms with Crippen molar-refractivity contribution in [3.8, 4) is 0 Å². The molecule has 2 N–H and O–H groups in total. The van der Waals surface area contributed by atoms with Crippen LogP contribution in [0.2, 0.25) is 0 Å². The van der Waals surface area contributed by atoms with E-state index in [1.807, 2.05) is 13.0 Å². The molecule has 0 aromatic carbocycles. The molecule has 1 aromatic rings. The summed E-state index contributed by atoms with van der Waals surface area (Å²) >= 11 is 0. The number of hydrogen-bond donors (Lipinski definition) is 2. The summed E-state index contributed by atoms with van der Waals surface area (Å²) in [4.78, 5) is 10.1. The lowest BCUT2D eigenvalue weighted by atomic mass is 10.3. The van der Waals surface area contributed by atoms with Gasteiger partial charge >= 0.3 is 5.97 Å². The molecule has 1 rings (SSSR count). The van der Waals surface area contributed by atoms with Gasteiger partial charge in [0, 0.05) is 0 Å². The number of rotatable bonds is 4. The minimum Gasteiger partial charge on any atom is -0.480 e. The van der Waals surface area contributed by atoms with Crippen LogP contribution in [0.1, 0.15) is 11.3 Å². The number of hydrogen-bond acceptors (Lipinski definition) is 3. The Balaban J connectivity index is 2.33. The fourth-order valence-corrected chi connectivity index (χ4v) is 0.868. The van der Waals surface area contributed by atoms with Crippen LogP contribution in [0, 0.1) is 6.92 Å². The third-order valence-corrected chi connectivity index (χ3v) is 1.53. The minimum absolute atomic E-state index is 0.0415. The number of aryl methyl sites for hydroxylation is 1. The summed E-state index contributed by atoms with van der Waals surface area (Å²) in [5, 5.41) is 11.1. The standard InChI is InChI=1S/C8H11NO3/c1-6-2-3-12-7(6)4-9-5-8(10)11/h2-3,9H,4-5H2,1H3,(H,10,11). The zero-order chi connectivity index (χ0) is 8.97. The molecule has 0 saturated carbocycles. The van der Waals surface area contributed by atoms with Gasteiger partial charge in [0.1, 0.15) is 5.76 Å². The molecule has 0 unspecified atom stereocenters. The van der Waals surface area contributed by atoms with Gasteiger partial charge in [-0.15, -0.1) is 0 Å². The lowest BCUT2D eigenvalue weighted by Crippen LogP contribution is -2.21. The average Bonchev–Trinajstić information content (AvgIpc) is 2.36. The fraction of sp³-hybridized carbons (Fsp3) is 0.375. The van der Waals surface area contributed by atoms with Crippen LogP contribution >= 0.6 is 0 Å². The maximum Gasteiger partial charge on any atom is 0.317 e. The number of aliphatic carboxylic acids is 1. The van der Waals surface area contributed by atoms with E-state index >= 15 is 0 Å². The highest BCUT2D eigenvalue weighted by molar-refractivity contribution is 5.68. The average molecular weight is 169 g/mol. The van der Waals surface area contributed by atoms with E-state index in [1.165, 1.54) is 0 Å². The molecule has 12 heavy (non-hydrogen) atoms. The van der Waals surface area contributed by atoms with Crippen molar-refractivity contribution in [1.82, 2.24) is 5.32 Å². The van der Waals surface area contributed by atoms with Gasteiger partial charge < -0.3 is 9.52 Å². The Kier molecular flexibility index (Phi) is 2.88. The molecular weight excluding hydrogens is 158 g/mol. The van der Waals surface area contributed by atoms with E-state index in [1.54, 1.807) is 6.26 Å². The topological polar surface area (TPSA) is 62.5 Å². The van der Waals surface area contributed by atoms with Crippen LogP contribution in [0.4, 0.5) is 0 Å². The number of carboxylic acids is 1. The molecule has 0 aliphatic rings. The smallest absolute Gasteiger partial charge is 0.317 e. The highest BCUT2D eigenvalue weighted by Crippen LogP contribution is 2.07. The Labute approximate surface area is 70.2 Å². The summed E-state index contributed by atoms with van der Waals surface area (Å²) in [6.07, 6.45) is 1.59. The van der Waals surface area contributed by atoms with Crippen molar-refractivity contribution in [3.05, 3.63) is 23.7 Å². The van der Waals surface area contributed by atoms with Crippen molar-refractivity contribution in [2.75, 3.05) is 6.54 Å². The first-order chi connectivity index (χ1) is 5.70. The first-order valence-electron chi connectivity index (χ1n) is 3.65. The summed E-state index contributed by atoms with van der Waals surface area (Å²) in [5.41, 5.74) is 1.04. The van der Waals surface area contributed by atoms with Gasteiger partial charge in [0.05, 0.1) is 19.4 Å². The summed E-state index contributed by atoms with van der Waals surface area (Å²) in [7, 11) is 0. The molecule has 1 aromatic heterocycles. The van der Waals surface area contributed by atoms with Gasteiger partial charge in [-0.25, -0.2) is 0 Å². The zero-order valence-corrected chi connectivity index (χ0v) is 6.83. The van der Waals surface area contributed by atoms with E-state index in [4.69, 9.17) is 9.52 Å². The highest BCUT2D eigenvalue weighted by Gasteiger charge is 2.01. The van der Waals surface area contributed by atoms with Gasteiger partial charge in [-0.2, -0.15) is 0 Å². The molecule has 0 spiro atoms. The van der Waals surface area contributed by atoms with Crippen molar-refractivity contribution in [1.29, 1.82) is 0 Å². The number of carbonyl (C=O) groups is 1. The molecule has 0 fully saturated rings. The van der Waals surface area contributed by atoms with Crippen LogP contribution in [-0.2, 0) is 11.3 Å². The minimum atomic E-state index is -0.862. The monoisotopic (exact) mass is 169 g/mol. The summed E-state index contributed by atoms with van der Waals surface area (Å²) in [6, 6.07) is 1.85. The van der Waals surface area contributed by atoms with Crippen LogP contribution in [0.5, 0.6) is 0 Å². The second kappa shape index (κ2) is 3.92. The quantitative estimate of drug-likeness (QED) is 0.698. The number of furan rings is 1. The van der Waals surface area contributed by atoms with Crippen LogP contribution in [0.25, 0.3) is 0 Å². The molecule has 0 aliphatic heterocycles. The molecule has 4 nitrogen and oxygen atoms in total. The first kappa shape index (κ1) is 8.80. The maximum atomic E-state index is 10.1. The van der Waals surface area contributed by atoms with Crippen LogP contribution in [0.15, 0.2) is 16.7 Å². The first-order valence-corrected chi connectivity index (χ1v) is 3.65. The second-order valence-corrected chi connectivity index (χ2v) is 2.52. The fourth-order valence-electron chi connectivity index (χ4n) is 0.868. The summed E-state index contributed by atoms with van der Waals surface area (Å²) < 4.78 is 5.09. The Morgan fingerprint density at radius 2 is 2.50 bits per heavy atom. The number of carboxylic acid groups (broad SMARTS) is 1. The van der Waals surface area contributed by atoms with E-state index in [-0.39, 0.29) is 6.54 Å². The van der Waals surface area contributed by atoms with Gasteiger partial charge in [0.15, 0.2) is 0 Å². The van der Waals surface area contributed by atoms with E-state index in [0.29, 0.717) is 6.54 Å². The molecule has 0 radical (unpaired) electrons. The van der Waals surface area contributed by atoms with Crippen molar-refractivity contribution >= 4 is 5.97 Å². The molecule has 1 heterocycles. The van der Waals surface area contributed by atoms with Gasteiger partial charge in [-0.05, 0) is 18.6 Å². The molecule has 0 amide bonds. The summed E-state index contributed by atoms with van der Waals surface area (Å²) in [6.45, 7) is 2.34. The molecular formula is C8H11NO3. The van der Waals surface area contributed by atoms with Gasteiger partial charge in [-0.1, -0.05) is 0 Å². The van der Waals surface area contributed by atoms with Gasteiger partial charge in [-0.3, -0.25) is 10.1 Å². The third-order valence-electron chi connectivity index (χ3n) is 1.53. The SMILES string of the molecule is Cc1ccoc1CNCC(=O)O. The van der Waals surface area contributed by atoms with Crippen molar-refractivity contribution in [2.24, 2.45) is 0 Å². The molecule has 4 heteroatoms. The Bertz CT molecular complexity index is 267. The van der Waals surface area contributed by atoms with Crippen molar-refractivity contribution < 1.29 is 14.3 Å². The van der Waals surface area contributed by atoms with Gasteiger partial charge in [0.2, 0.25) is 0 Å². The van der Waals surface area contributed by atoms with E-state index in [2.05, 4.69) is 5.32 Å². The number of nitrogens with one attached hydrogen (secondary N) is 1. The van der Waals surface area contributed by atoms with E-state index in [9.17, 15) is 4.79 Å². The zero-order valence-electron chi connectivity index (χ0n) is 6.83. The van der Waals surface area contributed by atoms with Crippen LogP contribution < -0.4 is 5.32 Å². The van der Waals surface area contributed by atoms with Crippen LogP contribution in [-0.4, -0.2) is 17.6 Å². The Morgan fingerprint density at radius 1 is 1.75 bits per heavy atom. The van der Waals surface area contributed by atoms with Crippen molar-refractivity contribution in [3.63, 3.8) is 0 Å². The van der Waals surface area contributed by atoms with Crippen LogP contribution in [0.3, 0.4) is 0 Å². The Morgan fingerprint density at radius 3 is 3.00 bits per heavy atom. The lowest BCUT2D eigenvalue weighted by Gasteiger charge is -1.98. The third kappa shape index (κ3) is 2.39. The maximum absolute atomic E-state index is 10.1. The molecule has 0 aliphatic carbocycles. The predicted octanol–water partition coefficient (Wildman–Crippen LogP) is 0.762. The molecule has 0 bridgehead atoms. The molecule has 0 saturated heterocycles. The normalized spacial score (nSPS) is 10.1. The molecule has 0 atom stereocenters. The Hall–Kier alpha value is -1.29. The van der Waals surface area contributed by atoms with E-state index < -0.39 is 5.97 Å². The predicted molar refractivity (Wildman–Crippen MR) is 42.8 cm³/mol. The largest absolute Gasteiger partial charge is 0.480 e. The van der Waals surface area contributed by atoms with Gasteiger partial charge in [0.25, 0.3) is 0 Å². The van der Waals surface area contributed by atoms with E-state index in [0.717, 1.165) is 11.3 Å². The summed E-state index contributed by atoms with van der Waals surface area (Å²) in [5.74, 6) is -0.0736. The molecule has 66 valence electrons. The van der Waals surface area contributed by atoms with Crippen molar-refractivity contribution in [2.45, 2.75) is 13.5 Å². The second-order valence-electron chi connectivity index (χ2n) is 2.52. The highest BCUT2D eigenvalue weighted by atomic mass is 16.4. The lowest BCUT2D eigenvalue weighted by molar-refractivity contribution is -0.136.